The number of benzene rings is 1. The van der Waals surface area contributed by atoms with Crippen molar-refractivity contribution in [1.29, 1.82) is 0 Å². The number of aryl methyl sites for hydroxylation is 3. The quantitative estimate of drug-likeness (QED) is 0.832. The van der Waals surface area contributed by atoms with E-state index in [1.165, 1.54) is 6.92 Å². The number of aromatic nitrogens is 1. The van der Waals surface area contributed by atoms with Gasteiger partial charge in [0, 0.05) is 11.6 Å². The van der Waals surface area contributed by atoms with E-state index in [1.807, 2.05) is 45.9 Å². The molecule has 1 aromatic heterocycles. The molecule has 25 heavy (non-hydrogen) atoms. The molecule has 1 atom stereocenters. The summed E-state index contributed by atoms with van der Waals surface area (Å²) in [6.07, 6.45) is -0.942. The Balaban J connectivity index is 2.08. The third kappa shape index (κ3) is 4.26. The molecule has 1 aromatic carbocycles. The molecule has 0 aliphatic rings. The van der Waals surface area contributed by atoms with Gasteiger partial charge in [0.2, 0.25) is 0 Å². The second-order valence-electron chi connectivity index (χ2n) is 6.52. The number of hydrogen-bond acceptors (Lipinski definition) is 5. The molecule has 1 amide bonds. The molecule has 2 rings (SSSR count). The summed E-state index contributed by atoms with van der Waals surface area (Å²) >= 11 is 0. The highest BCUT2D eigenvalue weighted by atomic mass is 16.5. The van der Waals surface area contributed by atoms with Crippen LogP contribution in [-0.2, 0) is 9.53 Å². The molecule has 0 spiro atoms. The van der Waals surface area contributed by atoms with Gasteiger partial charge in [0.25, 0.3) is 5.91 Å². The van der Waals surface area contributed by atoms with Gasteiger partial charge in [-0.15, -0.1) is 0 Å². The lowest BCUT2D eigenvalue weighted by molar-refractivity contribution is -0.123. The third-order valence-corrected chi connectivity index (χ3v) is 3.91. The average molecular weight is 344 g/mol. The minimum atomic E-state index is -0.942. The van der Waals surface area contributed by atoms with E-state index in [4.69, 9.17) is 9.26 Å². The van der Waals surface area contributed by atoms with E-state index in [2.05, 4.69) is 10.5 Å². The summed E-state index contributed by atoms with van der Waals surface area (Å²) in [5, 5.41) is 6.61. The van der Waals surface area contributed by atoms with Gasteiger partial charge in [-0.25, -0.2) is 4.79 Å². The van der Waals surface area contributed by atoms with Crippen molar-refractivity contribution in [2.75, 3.05) is 5.32 Å². The SMILES string of the molecule is Cc1ccc(NC(=O)[C@@H](C)OC(=O)c2c(C)noc2C(C)C)c(C)c1. The second kappa shape index (κ2) is 7.51. The highest BCUT2D eigenvalue weighted by Gasteiger charge is 2.27. The predicted octanol–water partition coefficient (Wildman–Crippen LogP) is 3.91. The minimum Gasteiger partial charge on any atom is -0.449 e. The van der Waals surface area contributed by atoms with Crippen LogP contribution in [0.4, 0.5) is 5.69 Å². The number of amides is 1. The molecule has 0 aliphatic heterocycles. The fraction of sp³-hybridized carbons (Fsp3) is 0.421. The summed E-state index contributed by atoms with van der Waals surface area (Å²) in [6, 6.07) is 5.72. The van der Waals surface area contributed by atoms with Crippen molar-refractivity contribution in [3.63, 3.8) is 0 Å². The number of esters is 1. The molecule has 0 radical (unpaired) electrons. The molecule has 0 saturated carbocycles. The molecule has 1 N–H and O–H groups in total. The Labute approximate surface area is 147 Å². The Morgan fingerprint density at radius 2 is 1.84 bits per heavy atom. The maximum absolute atomic E-state index is 12.4. The van der Waals surface area contributed by atoms with Gasteiger partial charge in [-0.3, -0.25) is 4.79 Å². The maximum atomic E-state index is 12.4. The van der Waals surface area contributed by atoms with Crippen LogP contribution in [0, 0.1) is 20.8 Å². The Hall–Kier alpha value is -2.63. The molecule has 0 bridgehead atoms. The molecular formula is C19H24N2O4. The van der Waals surface area contributed by atoms with Crippen LogP contribution >= 0.6 is 0 Å². The smallest absolute Gasteiger partial charge is 0.344 e. The van der Waals surface area contributed by atoms with Gasteiger partial charge in [0.05, 0.1) is 5.69 Å². The molecule has 6 heteroatoms. The number of anilines is 1. The molecule has 6 nitrogen and oxygen atoms in total. The maximum Gasteiger partial charge on any atom is 0.344 e. The lowest BCUT2D eigenvalue weighted by Gasteiger charge is -2.15. The van der Waals surface area contributed by atoms with Crippen LogP contribution in [0.15, 0.2) is 22.7 Å². The van der Waals surface area contributed by atoms with Crippen molar-refractivity contribution in [2.24, 2.45) is 0 Å². The van der Waals surface area contributed by atoms with Crippen LogP contribution in [0.3, 0.4) is 0 Å². The zero-order chi connectivity index (χ0) is 18.7. The van der Waals surface area contributed by atoms with Gasteiger partial charge in [0.15, 0.2) is 11.9 Å². The van der Waals surface area contributed by atoms with Gasteiger partial charge < -0.3 is 14.6 Å². The van der Waals surface area contributed by atoms with Crippen molar-refractivity contribution >= 4 is 17.6 Å². The summed E-state index contributed by atoms with van der Waals surface area (Å²) in [5.41, 5.74) is 3.50. The lowest BCUT2D eigenvalue weighted by atomic mass is 10.1. The molecule has 134 valence electrons. The number of ether oxygens (including phenoxy) is 1. The largest absolute Gasteiger partial charge is 0.449 e. The van der Waals surface area contributed by atoms with Crippen LogP contribution < -0.4 is 5.32 Å². The van der Waals surface area contributed by atoms with Crippen molar-refractivity contribution < 1.29 is 18.8 Å². The van der Waals surface area contributed by atoms with Crippen molar-refractivity contribution in [1.82, 2.24) is 5.16 Å². The number of carbonyl (C=O) groups excluding carboxylic acids is 2. The van der Waals surface area contributed by atoms with Crippen LogP contribution in [-0.4, -0.2) is 23.1 Å². The van der Waals surface area contributed by atoms with E-state index in [9.17, 15) is 9.59 Å². The van der Waals surface area contributed by atoms with E-state index in [0.29, 0.717) is 22.7 Å². The summed E-state index contributed by atoms with van der Waals surface area (Å²) in [5.74, 6) is -0.543. The first-order valence-electron chi connectivity index (χ1n) is 8.26. The van der Waals surface area contributed by atoms with E-state index >= 15 is 0 Å². The van der Waals surface area contributed by atoms with Crippen molar-refractivity contribution in [3.05, 3.63) is 46.3 Å². The highest BCUT2D eigenvalue weighted by Crippen LogP contribution is 2.23. The predicted molar refractivity (Wildman–Crippen MR) is 94.8 cm³/mol. The summed E-state index contributed by atoms with van der Waals surface area (Å²) in [4.78, 5) is 24.8. The summed E-state index contributed by atoms with van der Waals surface area (Å²) in [6.45, 7) is 10.9. The van der Waals surface area contributed by atoms with Crippen molar-refractivity contribution in [3.8, 4) is 0 Å². The molecule has 2 aromatic rings. The van der Waals surface area contributed by atoms with Crippen LogP contribution in [0.2, 0.25) is 0 Å². The molecule has 0 unspecified atom stereocenters. The minimum absolute atomic E-state index is 0.0110. The van der Waals surface area contributed by atoms with Crippen LogP contribution in [0.5, 0.6) is 0 Å². The first-order valence-corrected chi connectivity index (χ1v) is 8.26. The Kier molecular flexibility index (Phi) is 5.62. The zero-order valence-corrected chi connectivity index (χ0v) is 15.5. The fourth-order valence-corrected chi connectivity index (χ4v) is 2.49. The Morgan fingerprint density at radius 3 is 2.44 bits per heavy atom. The number of rotatable bonds is 5. The topological polar surface area (TPSA) is 81.4 Å². The molecule has 0 fully saturated rings. The highest BCUT2D eigenvalue weighted by molar-refractivity contribution is 5.98. The molecule has 1 heterocycles. The fourth-order valence-electron chi connectivity index (χ4n) is 2.49. The normalized spacial score (nSPS) is 12.1. The number of hydrogen-bond donors (Lipinski definition) is 1. The Bertz CT molecular complexity index is 793. The lowest BCUT2D eigenvalue weighted by Crippen LogP contribution is -2.30. The van der Waals surface area contributed by atoms with Gasteiger partial charge in [-0.1, -0.05) is 36.7 Å². The summed E-state index contributed by atoms with van der Waals surface area (Å²) in [7, 11) is 0. The zero-order valence-electron chi connectivity index (χ0n) is 15.5. The van der Waals surface area contributed by atoms with E-state index in [1.54, 1.807) is 6.92 Å². The average Bonchev–Trinajstić information content (AvgIpc) is 2.91. The van der Waals surface area contributed by atoms with E-state index < -0.39 is 12.1 Å². The molecular weight excluding hydrogens is 320 g/mol. The van der Waals surface area contributed by atoms with Gasteiger partial charge in [-0.2, -0.15) is 0 Å². The van der Waals surface area contributed by atoms with Crippen molar-refractivity contribution in [2.45, 2.75) is 53.6 Å². The number of nitrogens with one attached hydrogen (secondary N) is 1. The third-order valence-electron chi connectivity index (χ3n) is 3.91. The molecule has 0 saturated heterocycles. The van der Waals surface area contributed by atoms with Gasteiger partial charge >= 0.3 is 5.97 Å². The Morgan fingerprint density at radius 1 is 1.16 bits per heavy atom. The van der Waals surface area contributed by atoms with Gasteiger partial charge in [-0.05, 0) is 39.3 Å². The first kappa shape index (κ1) is 18.7. The number of nitrogens with zero attached hydrogens (tertiary/aromatic N) is 1. The van der Waals surface area contributed by atoms with Crippen LogP contribution in [0.1, 0.15) is 59.6 Å². The van der Waals surface area contributed by atoms with E-state index in [0.717, 1.165) is 11.1 Å². The summed E-state index contributed by atoms with van der Waals surface area (Å²) < 4.78 is 10.5. The first-order chi connectivity index (χ1) is 11.7. The second-order valence-corrected chi connectivity index (χ2v) is 6.52. The van der Waals surface area contributed by atoms with E-state index in [-0.39, 0.29) is 11.8 Å². The number of carbonyl (C=O) groups is 2. The van der Waals surface area contributed by atoms with Crippen LogP contribution in [0.25, 0.3) is 0 Å². The molecule has 0 aliphatic carbocycles. The monoisotopic (exact) mass is 344 g/mol. The standard InChI is InChI=1S/C19H24N2O4/c1-10(2)17-16(13(5)21-25-17)19(23)24-14(6)18(22)20-15-8-7-11(3)9-12(15)4/h7-10,14H,1-6H3,(H,20,22)/t14-/m1/s1. The van der Waals surface area contributed by atoms with Gasteiger partial charge in [0.1, 0.15) is 5.56 Å².